The van der Waals surface area contributed by atoms with E-state index in [0.717, 1.165) is 42.3 Å². The summed E-state index contributed by atoms with van der Waals surface area (Å²) in [4.78, 5) is 24.2. The summed E-state index contributed by atoms with van der Waals surface area (Å²) in [6.45, 7) is 0. The number of aromatic amines is 1. The first-order valence-corrected chi connectivity index (χ1v) is 11.4. The van der Waals surface area contributed by atoms with Gasteiger partial charge in [-0.25, -0.2) is 13.8 Å². The van der Waals surface area contributed by atoms with E-state index >= 15 is 0 Å². The number of aromatic nitrogens is 6. The smallest absolute Gasteiger partial charge is 0.280 e. The number of amides is 1. The molecule has 10 nitrogen and oxygen atoms in total. The zero-order valence-electron chi connectivity index (χ0n) is 18.5. The number of rotatable bonds is 5. The number of alkyl halides is 2. The lowest BCUT2D eigenvalue weighted by molar-refractivity contribution is -0.121. The highest BCUT2D eigenvalue weighted by molar-refractivity contribution is 6.09. The van der Waals surface area contributed by atoms with Crippen molar-refractivity contribution in [3.05, 3.63) is 29.8 Å². The Balaban J connectivity index is 1.35. The van der Waals surface area contributed by atoms with E-state index < -0.39 is 17.9 Å². The van der Waals surface area contributed by atoms with Crippen LogP contribution in [0.2, 0.25) is 0 Å². The molecule has 2 aliphatic carbocycles. The molecule has 2 fully saturated rings. The quantitative estimate of drug-likeness (QED) is 0.524. The highest BCUT2D eigenvalue weighted by Crippen LogP contribution is 2.57. The van der Waals surface area contributed by atoms with Crippen LogP contribution in [0.1, 0.15) is 56.2 Å². The Labute approximate surface area is 193 Å². The van der Waals surface area contributed by atoms with Gasteiger partial charge in [-0.1, -0.05) is 0 Å². The lowest BCUT2D eigenvalue weighted by atomic mass is 9.92. The predicted octanol–water partition coefficient (Wildman–Crippen LogP) is 2.96. The van der Waals surface area contributed by atoms with Crippen LogP contribution in [0.5, 0.6) is 0 Å². The molecule has 2 saturated carbocycles. The molecule has 3 aromatic rings. The van der Waals surface area contributed by atoms with Crippen LogP contribution in [0, 0.1) is 0 Å². The van der Waals surface area contributed by atoms with E-state index in [1.807, 2.05) is 0 Å². The molecule has 34 heavy (non-hydrogen) atoms. The Morgan fingerprint density at radius 3 is 2.82 bits per heavy atom. The fourth-order valence-corrected chi connectivity index (χ4v) is 5.32. The summed E-state index contributed by atoms with van der Waals surface area (Å²) in [7, 11) is 1.46. The van der Waals surface area contributed by atoms with Gasteiger partial charge in [-0.3, -0.25) is 19.5 Å². The third-order valence-corrected chi connectivity index (χ3v) is 7.22. The second-order valence-corrected chi connectivity index (χ2v) is 9.31. The first kappa shape index (κ1) is 21.1. The van der Waals surface area contributed by atoms with Gasteiger partial charge in [0, 0.05) is 30.4 Å². The molecule has 0 saturated heterocycles. The molecule has 3 aromatic heterocycles. The number of aliphatic hydroxyl groups is 1. The predicted molar refractivity (Wildman–Crippen MR) is 118 cm³/mol. The van der Waals surface area contributed by atoms with Crippen LogP contribution in [0.25, 0.3) is 11.3 Å². The Morgan fingerprint density at radius 1 is 1.26 bits per heavy atom. The molecular formula is C22H24F2N8O2. The van der Waals surface area contributed by atoms with Gasteiger partial charge in [0.25, 0.3) is 6.43 Å². The van der Waals surface area contributed by atoms with E-state index in [4.69, 9.17) is 0 Å². The highest BCUT2D eigenvalue weighted by atomic mass is 19.3. The van der Waals surface area contributed by atoms with Gasteiger partial charge in [0.15, 0.2) is 0 Å². The van der Waals surface area contributed by atoms with Crippen molar-refractivity contribution in [3.63, 3.8) is 0 Å². The molecule has 178 valence electrons. The second kappa shape index (κ2) is 7.55. The number of anilines is 3. The number of nitrogens with zero attached hydrogens (tertiary/aromatic N) is 6. The Morgan fingerprint density at radius 2 is 2.09 bits per heavy atom. The van der Waals surface area contributed by atoms with Crippen LogP contribution >= 0.6 is 0 Å². The van der Waals surface area contributed by atoms with Gasteiger partial charge in [0.2, 0.25) is 11.9 Å². The van der Waals surface area contributed by atoms with E-state index in [2.05, 4.69) is 30.6 Å². The molecule has 1 amide bonds. The van der Waals surface area contributed by atoms with Gasteiger partial charge < -0.3 is 10.4 Å². The summed E-state index contributed by atoms with van der Waals surface area (Å²) in [5.74, 6) is 0.837. The molecule has 1 spiro atoms. The molecule has 0 aromatic carbocycles. The van der Waals surface area contributed by atoms with E-state index in [-0.39, 0.29) is 29.2 Å². The zero-order chi connectivity index (χ0) is 23.6. The van der Waals surface area contributed by atoms with Gasteiger partial charge in [-0.2, -0.15) is 15.2 Å². The van der Waals surface area contributed by atoms with Crippen LogP contribution in [-0.2, 0) is 17.3 Å². The van der Waals surface area contributed by atoms with Crippen molar-refractivity contribution in [2.24, 2.45) is 7.05 Å². The third-order valence-electron chi connectivity index (χ3n) is 7.22. The number of aryl methyl sites for hydroxylation is 1. The minimum atomic E-state index is -2.71. The topological polar surface area (TPSA) is 125 Å². The lowest BCUT2D eigenvalue weighted by Crippen LogP contribution is -2.44. The average Bonchev–Trinajstić information content (AvgIpc) is 3.22. The minimum Gasteiger partial charge on any atom is -0.393 e. The zero-order valence-corrected chi connectivity index (χ0v) is 18.5. The molecule has 0 radical (unpaired) electrons. The van der Waals surface area contributed by atoms with Crippen LogP contribution in [0.15, 0.2) is 18.6 Å². The van der Waals surface area contributed by atoms with Crippen molar-refractivity contribution in [2.45, 2.75) is 62.5 Å². The fraction of sp³-hybridized carbons (Fsp3) is 0.500. The SMILES string of the molecule is Cn1ncc(-c2[nH]ncc2Nc2ncc3c(n2)N([C@@H]2CCC[C@@H](O)C2)C(=O)C32CC2)c1C(F)F. The molecule has 0 unspecified atom stereocenters. The number of carbonyl (C=O) groups is 1. The number of hydrogen-bond donors (Lipinski definition) is 3. The molecule has 1 aliphatic heterocycles. The summed E-state index contributed by atoms with van der Waals surface area (Å²) < 4.78 is 28.3. The number of nitrogens with one attached hydrogen (secondary N) is 2. The molecule has 2 atom stereocenters. The summed E-state index contributed by atoms with van der Waals surface area (Å²) in [6.07, 6.45) is 5.84. The number of carbonyl (C=O) groups excluding carboxylic acids is 1. The maximum Gasteiger partial charge on any atom is 0.280 e. The van der Waals surface area contributed by atoms with Crippen molar-refractivity contribution in [3.8, 4) is 11.3 Å². The van der Waals surface area contributed by atoms with E-state index in [1.165, 1.54) is 19.4 Å². The van der Waals surface area contributed by atoms with Crippen LogP contribution in [-0.4, -0.2) is 53.1 Å². The van der Waals surface area contributed by atoms with Gasteiger partial charge in [0.1, 0.15) is 11.5 Å². The molecule has 3 N–H and O–H groups in total. The number of hydrogen-bond acceptors (Lipinski definition) is 7. The van der Waals surface area contributed by atoms with E-state index in [0.29, 0.717) is 23.6 Å². The van der Waals surface area contributed by atoms with Crippen LogP contribution < -0.4 is 10.2 Å². The summed E-state index contributed by atoms with van der Waals surface area (Å²) >= 11 is 0. The Kier molecular flexibility index (Phi) is 4.70. The van der Waals surface area contributed by atoms with Crippen molar-refractivity contribution < 1.29 is 18.7 Å². The van der Waals surface area contributed by atoms with Crippen molar-refractivity contribution in [1.29, 1.82) is 0 Å². The first-order chi connectivity index (χ1) is 16.4. The number of H-pyrrole nitrogens is 1. The normalized spacial score (nSPS) is 23.1. The van der Waals surface area contributed by atoms with E-state index in [9.17, 15) is 18.7 Å². The molecule has 3 aliphatic rings. The lowest BCUT2D eigenvalue weighted by Gasteiger charge is -2.33. The standard InChI is InChI=1S/C22H24F2N8O2/c1-31-17(18(23)24)13(8-27-31)16-15(10-26-30-16)28-21-25-9-14-19(29-21)32(20(34)22(14)5-6-22)11-3-2-4-12(33)7-11/h8-12,18,33H,2-7H2,1H3,(H,26,30)(H,25,28,29)/t11-,12-/m1/s1. The monoisotopic (exact) mass is 470 g/mol. The molecule has 0 bridgehead atoms. The maximum atomic E-state index is 13.6. The molecule has 12 heteroatoms. The summed E-state index contributed by atoms with van der Waals surface area (Å²) in [5, 5.41) is 24.0. The highest BCUT2D eigenvalue weighted by Gasteiger charge is 2.61. The van der Waals surface area contributed by atoms with Gasteiger partial charge in [0.05, 0.1) is 35.3 Å². The van der Waals surface area contributed by atoms with Crippen LogP contribution in [0.4, 0.5) is 26.2 Å². The van der Waals surface area contributed by atoms with Crippen molar-refractivity contribution in [1.82, 2.24) is 29.9 Å². The third kappa shape index (κ3) is 3.11. The number of fused-ring (bicyclic) bond motifs is 2. The van der Waals surface area contributed by atoms with Gasteiger partial charge in [-0.15, -0.1) is 0 Å². The second-order valence-electron chi connectivity index (χ2n) is 9.31. The Hall–Kier alpha value is -3.41. The maximum absolute atomic E-state index is 13.6. The van der Waals surface area contributed by atoms with Crippen molar-refractivity contribution in [2.75, 3.05) is 10.2 Å². The molecule has 6 rings (SSSR count). The molecule has 4 heterocycles. The molecular weight excluding hydrogens is 446 g/mol. The summed E-state index contributed by atoms with van der Waals surface area (Å²) in [6, 6.07) is -0.105. The van der Waals surface area contributed by atoms with Gasteiger partial charge >= 0.3 is 0 Å². The summed E-state index contributed by atoms with van der Waals surface area (Å²) in [5.41, 5.74) is 1.03. The number of halogens is 2. The number of aliphatic hydroxyl groups excluding tert-OH is 1. The minimum absolute atomic E-state index is 0.0361. The van der Waals surface area contributed by atoms with Crippen molar-refractivity contribution >= 4 is 23.4 Å². The van der Waals surface area contributed by atoms with Crippen LogP contribution in [0.3, 0.4) is 0 Å². The van der Waals surface area contributed by atoms with Gasteiger partial charge in [-0.05, 0) is 38.5 Å². The fourth-order valence-electron chi connectivity index (χ4n) is 5.32. The van der Waals surface area contributed by atoms with E-state index in [1.54, 1.807) is 11.1 Å². The first-order valence-electron chi connectivity index (χ1n) is 11.4. The largest absolute Gasteiger partial charge is 0.393 e. The Bertz CT molecular complexity index is 1270. The average molecular weight is 470 g/mol.